The second-order valence-corrected chi connectivity index (χ2v) is 8.95. The first-order valence-corrected chi connectivity index (χ1v) is 11.3. The number of nitro groups is 1. The van der Waals surface area contributed by atoms with Gasteiger partial charge in [-0.05, 0) is 42.0 Å². The number of carbonyl (C=O) groups is 3. The van der Waals surface area contributed by atoms with Crippen molar-refractivity contribution in [3.63, 3.8) is 0 Å². The number of para-hydroxylation sites is 2. The zero-order valence-electron chi connectivity index (χ0n) is 18.3. The van der Waals surface area contributed by atoms with Gasteiger partial charge in [0, 0.05) is 22.7 Å². The lowest BCUT2D eigenvalue weighted by Crippen LogP contribution is -2.51. The van der Waals surface area contributed by atoms with Crippen LogP contribution in [-0.2, 0) is 19.1 Å². The number of rotatable bonds is 4. The molecule has 3 aromatic rings. The highest BCUT2D eigenvalue weighted by atomic mass is 32.2. The van der Waals surface area contributed by atoms with Crippen LogP contribution in [0.1, 0.15) is 5.56 Å². The van der Waals surface area contributed by atoms with Gasteiger partial charge < -0.3 is 10.1 Å². The molecule has 2 heterocycles. The first-order chi connectivity index (χ1) is 16.9. The first kappa shape index (κ1) is 22.4. The summed E-state index contributed by atoms with van der Waals surface area (Å²) in [4.78, 5) is 51.2. The molecule has 1 saturated heterocycles. The third kappa shape index (κ3) is 3.38. The highest BCUT2D eigenvalue weighted by molar-refractivity contribution is 8.02. The molecule has 2 aliphatic heterocycles. The molecule has 1 fully saturated rings. The van der Waals surface area contributed by atoms with Crippen LogP contribution in [0.2, 0.25) is 0 Å². The van der Waals surface area contributed by atoms with Crippen LogP contribution < -0.4 is 10.2 Å². The van der Waals surface area contributed by atoms with E-state index in [9.17, 15) is 24.5 Å². The van der Waals surface area contributed by atoms with Gasteiger partial charge in [0.05, 0.1) is 29.0 Å². The molecule has 5 rings (SSSR count). The summed E-state index contributed by atoms with van der Waals surface area (Å²) in [7, 11) is 1.20. The van der Waals surface area contributed by atoms with Crippen molar-refractivity contribution in [1.82, 2.24) is 0 Å². The Morgan fingerprint density at radius 2 is 1.66 bits per heavy atom. The highest BCUT2D eigenvalue weighted by Gasteiger charge is 2.64. The van der Waals surface area contributed by atoms with E-state index in [1.54, 1.807) is 54.6 Å². The number of hydrogen-bond acceptors (Lipinski definition) is 8. The number of ether oxygens (including phenoxy) is 1. The molecule has 0 spiro atoms. The molecule has 9 nitrogen and oxygen atoms in total. The summed E-state index contributed by atoms with van der Waals surface area (Å²) in [5.41, 5.74) is 1.30. The van der Waals surface area contributed by atoms with Gasteiger partial charge in [-0.2, -0.15) is 0 Å². The average molecular weight is 487 g/mol. The molecule has 3 aromatic carbocycles. The molecule has 0 aromatic heterocycles. The maximum absolute atomic E-state index is 13.6. The van der Waals surface area contributed by atoms with E-state index < -0.39 is 27.5 Å². The molecule has 35 heavy (non-hydrogen) atoms. The Bertz CT molecular complexity index is 1420. The van der Waals surface area contributed by atoms with Crippen molar-refractivity contribution in [3.05, 3.63) is 100 Å². The third-order valence-corrected chi connectivity index (χ3v) is 7.20. The number of carbonyl (C=O) groups excluding carboxylic acids is 3. The van der Waals surface area contributed by atoms with Gasteiger partial charge in [0.25, 0.3) is 11.5 Å². The number of Topliss-reactive ketones (excluding diaryl/α,β-unsaturated/α-hetero) is 1. The minimum absolute atomic E-state index is 0.103. The summed E-state index contributed by atoms with van der Waals surface area (Å²) in [5.74, 6) is -2.57. The molecule has 2 aliphatic rings. The fraction of sp³-hybridized carbons (Fsp3) is 0.0800. The van der Waals surface area contributed by atoms with Crippen molar-refractivity contribution in [2.24, 2.45) is 0 Å². The van der Waals surface area contributed by atoms with Crippen molar-refractivity contribution in [3.8, 4) is 0 Å². The fourth-order valence-corrected chi connectivity index (χ4v) is 5.66. The average Bonchev–Trinajstić information content (AvgIpc) is 3.00. The number of amides is 1. The summed E-state index contributed by atoms with van der Waals surface area (Å²) < 4.78 is 5.19. The fourth-order valence-electron chi connectivity index (χ4n) is 4.23. The number of non-ortho nitro benzene ring substituents is 1. The number of hydrogen-bond donors (Lipinski definition) is 1. The number of methoxy groups -OCH3 is 1. The van der Waals surface area contributed by atoms with Gasteiger partial charge in [0.1, 0.15) is 0 Å². The number of fused-ring (bicyclic) bond motifs is 2. The van der Waals surface area contributed by atoms with E-state index in [4.69, 9.17) is 4.74 Å². The Hall–Kier alpha value is -4.44. The molecular weight excluding hydrogens is 470 g/mol. The number of nitrogens with zero attached hydrogens (tertiary/aromatic N) is 2. The van der Waals surface area contributed by atoms with Gasteiger partial charge >= 0.3 is 11.9 Å². The molecule has 1 unspecified atom stereocenters. The summed E-state index contributed by atoms with van der Waals surface area (Å²) in [6.07, 6.45) is 0. The van der Waals surface area contributed by atoms with E-state index in [1.807, 2.05) is 0 Å². The first-order valence-electron chi connectivity index (χ1n) is 10.5. The van der Waals surface area contributed by atoms with Crippen LogP contribution in [0.5, 0.6) is 0 Å². The number of benzene rings is 3. The summed E-state index contributed by atoms with van der Waals surface area (Å²) in [5, 5.41) is 14.4. The normalized spacial score (nSPS) is 18.9. The molecule has 1 atom stereocenters. The largest absolute Gasteiger partial charge is 0.466 e. The number of ketones is 1. The zero-order valence-corrected chi connectivity index (χ0v) is 19.1. The van der Waals surface area contributed by atoms with Gasteiger partial charge in [-0.3, -0.25) is 24.6 Å². The number of esters is 1. The van der Waals surface area contributed by atoms with E-state index in [1.165, 1.54) is 31.4 Å². The van der Waals surface area contributed by atoms with E-state index in [2.05, 4.69) is 5.32 Å². The SMILES string of the molecule is COC(=O)C12Sc3ccccc3NC(c3ccc([N+](=O)[O-])cc3)=C1C(=O)C(=O)N2c1ccccc1. The Morgan fingerprint density at radius 3 is 2.31 bits per heavy atom. The quantitative estimate of drug-likeness (QED) is 0.254. The van der Waals surface area contributed by atoms with Gasteiger partial charge in [-0.1, -0.05) is 42.1 Å². The van der Waals surface area contributed by atoms with E-state index >= 15 is 0 Å². The number of nitrogens with one attached hydrogen (secondary N) is 1. The smallest absolute Gasteiger partial charge is 0.348 e. The van der Waals surface area contributed by atoms with Gasteiger partial charge in [-0.25, -0.2) is 4.79 Å². The lowest BCUT2D eigenvalue weighted by Gasteiger charge is -2.34. The van der Waals surface area contributed by atoms with Crippen LogP contribution in [0, 0.1) is 10.1 Å². The Morgan fingerprint density at radius 1 is 1.00 bits per heavy atom. The van der Waals surface area contributed by atoms with Crippen LogP contribution in [0.4, 0.5) is 17.1 Å². The molecule has 0 aliphatic carbocycles. The van der Waals surface area contributed by atoms with Crippen molar-refractivity contribution < 1.29 is 24.0 Å². The predicted octanol–water partition coefficient (Wildman–Crippen LogP) is 4.01. The molecule has 174 valence electrons. The van der Waals surface area contributed by atoms with Gasteiger partial charge in [0.2, 0.25) is 4.87 Å². The highest BCUT2D eigenvalue weighted by Crippen LogP contribution is 2.54. The molecular formula is C25H17N3O6S. The monoisotopic (exact) mass is 487 g/mol. The van der Waals surface area contributed by atoms with E-state index in [0.717, 1.165) is 16.7 Å². The number of nitro benzene ring substituents is 1. The van der Waals surface area contributed by atoms with Crippen LogP contribution >= 0.6 is 11.8 Å². The molecule has 0 radical (unpaired) electrons. The summed E-state index contributed by atoms with van der Waals surface area (Å²) >= 11 is 1.03. The number of anilines is 2. The molecule has 0 bridgehead atoms. The van der Waals surface area contributed by atoms with Crippen molar-refractivity contribution in [2.45, 2.75) is 9.77 Å². The Kier molecular flexibility index (Phi) is 5.37. The van der Waals surface area contributed by atoms with Crippen molar-refractivity contribution in [1.29, 1.82) is 0 Å². The topological polar surface area (TPSA) is 119 Å². The van der Waals surface area contributed by atoms with E-state index in [-0.39, 0.29) is 17.0 Å². The van der Waals surface area contributed by atoms with Crippen molar-refractivity contribution in [2.75, 3.05) is 17.3 Å². The zero-order chi connectivity index (χ0) is 24.7. The third-order valence-electron chi connectivity index (χ3n) is 5.78. The Balaban J connectivity index is 1.86. The maximum Gasteiger partial charge on any atom is 0.348 e. The van der Waals surface area contributed by atoms with Crippen LogP contribution in [0.25, 0.3) is 5.70 Å². The summed E-state index contributed by atoms with van der Waals surface area (Å²) in [6.45, 7) is 0. The second-order valence-electron chi connectivity index (χ2n) is 7.72. The van der Waals surface area contributed by atoms with Gasteiger partial charge in [0.15, 0.2) is 0 Å². The lowest BCUT2D eigenvalue weighted by atomic mass is 9.98. The number of thioether (sulfide) groups is 1. The standard InChI is InChI=1S/C25H17N3O6S/c1-34-24(31)25-20(22(29)23(30)27(25)16-7-3-2-4-8-16)21(15-11-13-17(14-12-15)28(32)33)26-18-9-5-6-10-19(18)35-25/h2-14,26H,1H3. The minimum Gasteiger partial charge on any atom is -0.466 e. The van der Waals surface area contributed by atoms with Crippen LogP contribution in [0.3, 0.4) is 0 Å². The minimum atomic E-state index is -1.87. The van der Waals surface area contributed by atoms with Crippen LogP contribution in [-0.4, -0.2) is 34.6 Å². The molecule has 0 saturated carbocycles. The lowest BCUT2D eigenvalue weighted by molar-refractivity contribution is -0.384. The predicted molar refractivity (Wildman–Crippen MR) is 130 cm³/mol. The van der Waals surface area contributed by atoms with Crippen LogP contribution in [0.15, 0.2) is 89.3 Å². The van der Waals surface area contributed by atoms with Gasteiger partial charge in [-0.15, -0.1) is 0 Å². The second kappa shape index (κ2) is 8.41. The van der Waals surface area contributed by atoms with E-state index in [0.29, 0.717) is 21.8 Å². The Labute approximate surface area is 203 Å². The van der Waals surface area contributed by atoms with Crippen molar-refractivity contribution >= 4 is 52.2 Å². The molecule has 1 amide bonds. The maximum atomic E-state index is 13.6. The molecule has 1 N–H and O–H groups in total. The molecule has 10 heteroatoms. The summed E-state index contributed by atoms with van der Waals surface area (Å²) in [6, 6.07) is 21.1.